The van der Waals surface area contributed by atoms with Crippen molar-refractivity contribution in [2.75, 3.05) is 0 Å². The summed E-state index contributed by atoms with van der Waals surface area (Å²) in [6.45, 7) is 0. The Balaban J connectivity index is 0.000000226. The number of H-pyrrole nitrogens is 1. The van der Waals surface area contributed by atoms with Gasteiger partial charge in [-0.2, -0.15) is 0 Å². The molecule has 77 heavy (non-hydrogen) atoms. The molecular formula is C55H55N7O13S2. The highest BCUT2D eigenvalue weighted by molar-refractivity contribution is 8.15. The van der Waals surface area contributed by atoms with E-state index in [1.165, 1.54) is 0 Å². The third-order valence-electron chi connectivity index (χ3n) is 12.4. The lowest BCUT2D eigenvalue weighted by Crippen LogP contribution is -2.49. The van der Waals surface area contributed by atoms with Crippen LogP contribution in [0.15, 0.2) is 128 Å². The maximum absolute atomic E-state index is 12.9. The van der Waals surface area contributed by atoms with Gasteiger partial charge in [0.05, 0.1) is 28.5 Å². The quantitative estimate of drug-likeness (QED) is 0.0351. The molecule has 6 aromatic rings. The molecule has 400 valence electrons. The lowest BCUT2D eigenvalue weighted by atomic mass is 9.90. The number of carbonyl (C=O) groups excluding carboxylic acids is 7. The van der Waals surface area contributed by atoms with E-state index in [1.807, 2.05) is 60.7 Å². The number of ether oxygens (including phenoxy) is 2. The number of aromatic nitrogens is 1. The number of hydrogen-bond acceptors (Lipinski definition) is 15. The van der Waals surface area contributed by atoms with Gasteiger partial charge in [-0.25, -0.2) is 4.79 Å². The average molecular weight is 1090 g/mol. The highest BCUT2D eigenvalue weighted by atomic mass is 32.2. The molecular weight excluding hydrogens is 1030 g/mol. The number of amides is 6. The Bertz CT molecular complexity index is 3130. The second kappa shape index (κ2) is 26.4. The second-order valence-corrected chi connectivity index (χ2v) is 20.6. The number of ketones is 1. The van der Waals surface area contributed by atoms with Gasteiger partial charge in [0.25, 0.3) is 10.5 Å². The zero-order valence-electron chi connectivity index (χ0n) is 41.2. The number of fused-ring (bicyclic) bond motifs is 1. The minimum Gasteiger partial charge on any atom is -0.481 e. The summed E-state index contributed by atoms with van der Waals surface area (Å²) in [7, 11) is 0. The van der Waals surface area contributed by atoms with E-state index >= 15 is 0 Å². The molecule has 0 bridgehead atoms. The predicted molar refractivity (Wildman–Crippen MR) is 287 cm³/mol. The van der Waals surface area contributed by atoms with E-state index in [0.717, 1.165) is 62.2 Å². The van der Waals surface area contributed by atoms with E-state index < -0.39 is 58.3 Å². The molecule has 0 spiro atoms. The Hall–Kier alpha value is -8.31. The summed E-state index contributed by atoms with van der Waals surface area (Å²) < 4.78 is 11.7. The molecule has 12 N–H and O–H groups in total. The topological polar surface area (TPSA) is 342 Å². The summed E-state index contributed by atoms with van der Waals surface area (Å²) in [5.74, 6) is -2.98. The molecule has 22 heteroatoms. The fraction of sp³-hybridized carbons (Fsp3) is 0.255. The van der Waals surface area contributed by atoms with Crippen LogP contribution in [-0.4, -0.2) is 95.7 Å². The number of rotatable bonds is 24. The number of aromatic amines is 1. The maximum atomic E-state index is 12.9. The molecule has 6 unspecified atom stereocenters. The third-order valence-corrected chi connectivity index (χ3v) is 14.4. The van der Waals surface area contributed by atoms with Crippen LogP contribution in [0.2, 0.25) is 0 Å². The number of carboxylic acids is 2. The van der Waals surface area contributed by atoms with Crippen LogP contribution < -0.4 is 42.6 Å². The number of nitrogens with two attached hydrogens (primary N) is 3. The number of aliphatic carboxylic acids is 2. The second-order valence-electron chi connectivity index (χ2n) is 18.2. The van der Waals surface area contributed by atoms with Gasteiger partial charge in [0.1, 0.15) is 29.0 Å². The van der Waals surface area contributed by atoms with Gasteiger partial charge in [-0.1, -0.05) is 90.3 Å². The maximum Gasteiger partial charge on any atom is 0.326 e. The average Bonchev–Trinajstić information content (AvgIpc) is 4.08. The van der Waals surface area contributed by atoms with Gasteiger partial charge in [0.15, 0.2) is 5.78 Å². The number of benzene rings is 5. The van der Waals surface area contributed by atoms with Gasteiger partial charge in [-0.3, -0.25) is 49.0 Å². The molecule has 2 saturated heterocycles. The minimum atomic E-state index is -1.27. The summed E-state index contributed by atoms with van der Waals surface area (Å²) in [6.07, 6.45) is 2.92. The van der Waals surface area contributed by atoms with Crippen molar-refractivity contribution < 1.29 is 62.8 Å². The summed E-state index contributed by atoms with van der Waals surface area (Å²) in [5, 5.41) is 25.3. The van der Waals surface area contributed by atoms with Gasteiger partial charge in [-0.05, 0) is 121 Å². The number of carbonyl (C=O) groups is 9. The Labute approximate surface area is 449 Å². The standard InChI is InChI=1S/C31H29N3O6S.C24H26N4O7S/c32-25(27(35)16-20(30(37)38)15-21-17-33-26-4-2-1-3-24(21)26)13-18-5-9-22(10-6-18)40-23-11-7-19(8-12-23)14-28-29(36)34-31(39)41-28;25-17(21(30)27-18(23(32)33)9-10-20(26)29)11-13-1-5-15(6-2-13)35-16-7-3-14(4-8-16)12-19-22(31)28-24(34)36-19/h1-12,17,20,25,28,33H,13-16,32H2,(H,37,38)(H,34,36,39);1-8,17-19H,9-12,25H2,(H2,26,29)(H,27,30)(H,32,33)(H,28,31,34). The van der Waals surface area contributed by atoms with Crippen molar-refractivity contribution in [1.29, 1.82) is 0 Å². The Morgan fingerprint density at radius 3 is 1.48 bits per heavy atom. The van der Waals surface area contributed by atoms with Crippen LogP contribution >= 0.6 is 23.5 Å². The molecule has 2 fully saturated rings. The molecule has 2 aliphatic heterocycles. The molecule has 0 saturated carbocycles. The molecule has 1 aromatic heterocycles. The van der Waals surface area contributed by atoms with Gasteiger partial charge in [-0.15, -0.1) is 0 Å². The molecule has 2 aliphatic rings. The third kappa shape index (κ3) is 16.6. The largest absolute Gasteiger partial charge is 0.481 e. The van der Waals surface area contributed by atoms with Crippen LogP contribution in [0, 0.1) is 5.92 Å². The van der Waals surface area contributed by atoms with Crippen molar-refractivity contribution in [3.63, 3.8) is 0 Å². The van der Waals surface area contributed by atoms with Crippen molar-refractivity contribution in [2.45, 2.75) is 80.0 Å². The smallest absolute Gasteiger partial charge is 0.326 e. The predicted octanol–water partition coefficient (Wildman–Crippen LogP) is 5.70. The molecule has 3 heterocycles. The first-order valence-corrected chi connectivity index (χ1v) is 26.0. The molecule has 8 rings (SSSR count). The molecule has 0 radical (unpaired) electrons. The number of carboxylic acid groups (broad SMARTS) is 2. The van der Waals surface area contributed by atoms with Gasteiger partial charge < -0.3 is 47.2 Å². The van der Waals surface area contributed by atoms with Crippen LogP contribution in [0.4, 0.5) is 9.59 Å². The first kappa shape index (κ1) is 56.4. The fourth-order valence-electron chi connectivity index (χ4n) is 8.27. The minimum absolute atomic E-state index is 0.120. The van der Waals surface area contributed by atoms with Crippen molar-refractivity contribution in [3.8, 4) is 23.0 Å². The zero-order chi connectivity index (χ0) is 55.2. The number of Topliss-reactive ketones (excluding diaryl/α,β-unsaturated/α-hetero) is 1. The van der Waals surface area contributed by atoms with Crippen molar-refractivity contribution in [1.82, 2.24) is 20.9 Å². The van der Waals surface area contributed by atoms with Gasteiger partial charge in [0.2, 0.25) is 23.6 Å². The summed E-state index contributed by atoms with van der Waals surface area (Å²) in [6, 6.07) is 33.2. The number of primary amides is 1. The Kier molecular flexibility index (Phi) is 19.4. The van der Waals surface area contributed by atoms with E-state index in [9.17, 15) is 53.4 Å². The Morgan fingerprint density at radius 1 is 0.597 bits per heavy atom. The number of nitrogens with one attached hydrogen (secondary N) is 4. The summed E-state index contributed by atoms with van der Waals surface area (Å²) in [4.78, 5) is 109. The van der Waals surface area contributed by atoms with Crippen molar-refractivity contribution in [2.24, 2.45) is 23.1 Å². The number of thioether (sulfide) groups is 2. The summed E-state index contributed by atoms with van der Waals surface area (Å²) >= 11 is 1.98. The number of hydrogen-bond donors (Lipinski definition) is 9. The van der Waals surface area contributed by atoms with E-state index in [0.29, 0.717) is 35.8 Å². The van der Waals surface area contributed by atoms with Crippen molar-refractivity contribution in [3.05, 3.63) is 155 Å². The molecule has 20 nitrogen and oxygen atoms in total. The van der Waals surface area contributed by atoms with E-state index in [1.54, 1.807) is 66.9 Å². The molecule has 0 aliphatic carbocycles. The lowest BCUT2D eigenvalue weighted by molar-refractivity contribution is -0.144. The number of imide groups is 2. The SMILES string of the molecule is NC(=O)CCC(NC(=O)C(N)Cc1ccc(Oc2ccc(CC3SC(=O)NC3=O)cc2)cc1)C(=O)O.NC(Cc1ccc(Oc2ccc(CC3SC(=O)NC3=O)cc2)cc1)C(=O)CC(Cc1c[nH]c2ccccc12)C(=O)O. The fourth-order valence-corrected chi connectivity index (χ4v) is 9.99. The molecule has 6 atom stereocenters. The first-order chi connectivity index (χ1) is 36.8. The first-order valence-electron chi connectivity index (χ1n) is 24.2. The zero-order valence-corrected chi connectivity index (χ0v) is 42.8. The molecule has 5 aromatic carbocycles. The van der Waals surface area contributed by atoms with Crippen LogP contribution in [-0.2, 0) is 65.7 Å². The number of para-hydroxylation sites is 1. The van der Waals surface area contributed by atoms with Gasteiger partial charge in [0, 0.05) is 29.9 Å². The van der Waals surface area contributed by atoms with Gasteiger partial charge >= 0.3 is 11.9 Å². The molecule has 6 amide bonds. The van der Waals surface area contributed by atoms with E-state index in [2.05, 4.69) is 20.9 Å². The highest BCUT2D eigenvalue weighted by Crippen LogP contribution is 2.29. The van der Waals surface area contributed by atoms with Crippen LogP contribution in [0.25, 0.3) is 10.9 Å². The van der Waals surface area contributed by atoms with E-state index in [4.69, 9.17) is 26.7 Å². The van der Waals surface area contributed by atoms with Crippen LogP contribution in [0.1, 0.15) is 47.1 Å². The highest BCUT2D eigenvalue weighted by Gasteiger charge is 2.33. The summed E-state index contributed by atoms with van der Waals surface area (Å²) in [5.41, 5.74) is 22.3. The monoisotopic (exact) mass is 1090 g/mol. The van der Waals surface area contributed by atoms with Crippen LogP contribution in [0.3, 0.4) is 0 Å². The van der Waals surface area contributed by atoms with Crippen LogP contribution in [0.5, 0.6) is 23.0 Å². The van der Waals surface area contributed by atoms with Crippen molar-refractivity contribution >= 4 is 86.3 Å². The lowest BCUT2D eigenvalue weighted by Gasteiger charge is -2.17. The Morgan fingerprint density at radius 2 is 1.05 bits per heavy atom. The van der Waals surface area contributed by atoms with E-state index in [-0.39, 0.29) is 66.6 Å². The normalized spacial score (nSPS) is 16.5.